The topological polar surface area (TPSA) is 92.7 Å². The number of halogens is 1. The quantitative estimate of drug-likeness (QED) is 0.446. The lowest BCUT2D eigenvalue weighted by Crippen LogP contribution is -2.46. The third-order valence-electron chi connectivity index (χ3n) is 5.35. The first-order valence-corrected chi connectivity index (χ1v) is 11.2. The van der Waals surface area contributed by atoms with Gasteiger partial charge in [0.1, 0.15) is 12.6 Å². The van der Waals surface area contributed by atoms with Crippen molar-refractivity contribution in [3.63, 3.8) is 0 Å². The number of carbonyl (C=O) groups excluding carboxylic acids is 2. The van der Waals surface area contributed by atoms with E-state index in [0.29, 0.717) is 18.3 Å². The van der Waals surface area contributed by atoms with Crippen LogP contribution < -0.4 is 0 Å². The molecule has 2 amide bonds. The number of carbonyl (C=O) groups is 2. The van der Waals surface area contributed by atoms with E-state index in [1.807, 2.05) is 24.3 Å². The van der Waals surface area contributed by atoms with Gasteiger partial charge in [0.25, 0.3) is 5.91 Å². The fourth-order valence-electron chi connectivity index (χ4n) is 3.76. The van der Waals surface area contributed by atoms with Crippen LogP contribution in [-0.2, 0) is 4.79 Å². The third kappa shape index (κ3) is 4.83. The van der Waals surface area contributed by atoms with Crippen LogP contribution in [0.5, 0.6) is 0 Å². The van der Waals surface area contributed by atoms with Gasteiger partial charge in [0.05, 0.1) is 6.26 Å². The van der Waals surface area contributed by atoms with Crippen molar-refractivity contribution in [1.82, 2.24) is 19.9 Å². The molecule has 0 aliphatic carbocycles. The van der Waals surface area contributed by atoms with E-state index in [2.05, 4.69) is 32.6 Å². The highest BCUT2D eigenvalue weighted by Gasteiger charge is 2.33. The van der Waals surface area contributed by atoms with Crippen molar-refractivity contribution in [2.75, 3.05) is 19.6 Å². The second kappa shape index (κ2) is 9.95. The van der Waals surface area contributed by atoms with E-state index in [0.717, 1.165) is 29.3 Å². The van der Waals surface area contributed by atoms with Crippen molar-refractivity contribution in [2.24, 2.45) is 0 Å². The summed E-state index contributed by atoms with van der Waals surface area (Å²) in [6.07, 6.45) is 5.57. The maximum Gasteiger partial charge on any atom is 0.290 e. The van der Waals surface area contributed by atoms with E-state index in [1.54, 1.807) is 23.1 Å². The Labute approximate surface area is 194 Å². The number of furan rings is 1. The molecule has 4 rings (SSSR count). The second-order valence-corrected chi connectivity index (χ2v) is 8.43. The Morgan fingerprint density at radius 1 is 1.25 bits per heavy atom. The zero-order chi connectivity index (χ0) is 22.5. The lowest BCUT2D eigenvalue weighted by atomic mass is 10.0. The highest BCUT2D eigenvalue weighted by Crippen LogP contribution is 2.31. The minimum Gasteiger partial charge on any atom is -0.459 e. The Morgan fingerprint density at radius 3 is 2.78 bits per heavy atom. The van der Waals surface area contributed by atoms with Crippen molar-refractivity contribution in [3.8, 4) is 11.4 Å². The van der Waals surface area contributed by atoms with Gasteiger partial charge in [-0.05, 0) is 55.7 Å². The Balaban J connectivity index is 1.51. The molecule has 32 heavy (non-hydrogen) atoms. The van der Waals surface area contributed by atoms with Crippen molar-refractivity contribution < 1.29 is 18.5 Å². The molecular formula is C23H23BrN4O4. The molecule has 0 N–H and O–H groups in total. The van der Waals surface area contributed by atoms with Gasteiger partial charge in [-0.25, -0.2) is 0 Å². The number of aromatic nitrogens is 2. The summed E-state index contributed by atoms with van der Waals surface area (Å²) in [5.74, 6) is 0.535. The van der Waals surface area contributed by atoms with Crippen molar-refractivity contribution >= 4 is 27.7 Å². The van der Waals surface area contributed by atoms with Crippen LogP contribution in [0.15, 0.2) is 68.7 Å². The van der Waals surface area contributed by atoms with Crippen molar-refractivity contribution in [2.45, 2.75) is 25.3 Å². The summed E-state index contributed by atoms with van der Waals surface area (Å²) < 4.78 is 11.7. The maximum absolute atomic E-state index is 13.2. The first kappa shape index (κ1) is 22.0. The number of amides is 2. The van der Waals surface area contributed by atoms with Crippen molar-refractivity contribution in [3.05, 3.63) is 71.4 Å². The van der Waals surface area contributed by atoms with Crippen LogP contribution in [0.1, 0.15) is 41.7 Å². The summed E-state index contributed by atoms with van der Waals surface area (Å²) in [7, 11) is 0. The average Bonchev–Trinajstić information content (AvgIpc) is 3.51. The predicted molar refractivity (Wildman–Crippen MR) is 121 cm³/mol. The number of hydrogen-bond acceptors (Lipinski definition) is 6. The van der Waals surface area contributed by atoms with E-state index >= 15 is 0 Å². The SMILES string of the molecule is C=CCN(CC(=O)N1CCCCC1c1nc(-c2ccc(Br)cc2)no1)C(=O)c1ccco1. The average molecular weight is 499 g/mol. The molecule has 1 aliphatic heterocycles. The molecule has 166 valence electrons. The molecule has 9 heteroatoms. The van der Waals surface area contributed by atoms with Crippen LogP contribution in [0.25, 0.3) is 11.4 Å². The first-order chi connectivity index (χ1) is 15.6. The summed E-state index contributed by atoms with van der Waals surface area (Å²) in [4.78, 5) is 33.7. The molecule has 1 aromatic carbocycles. The highest BCUT2D eigenvalue weighted by atomic mass is 79.9. The Morgan fingerprint density at radius 2 is 2.06 bits per heavy atom. The first-order valence-electron chi connectivity index (χ1n) is 10.4. The molecule has 1 fully saturated rings. The molecule has 0 bridgehead atoms. The number of piperidine rings is 1. The lowest BCUT2D eigenvalue weighted by Gasteiger charge is -2.34. The van der Waals surface area contributed by atoms with Crippen LogP contribution in [0, 0.1) is 0 Å². The van der Waals surface area contributed by atoms with Gasteiger partial charge in [0.15, 0.2) is 5.76 Å². The van der Waals surface area contributed by atoms with Gasteiger partial charge in [-0.15, -0.1) is 6.58 Å². The zero-order valence-electron chi connectivity index (χ0n) is 17.4. The summed E-state index contributed by atoms with van der Waals surface area (Å²) in [5.41, 5.74) is 0.832. The van der Waals surface area contributed by atoms with E-state index in [9.17, 15) is 9.59 Å². The molecule has 1 aliphatic rings. The van der Waals surface area contributed by atoms with Gasteiger partial charge in [-0.1, -0.05) is 27.2 Å². The molecular weight excluding hydrogens is 476 g/mol. The van der Waals surface area contributed by atoms with Crippen LogP contribution >= 0.6 is 15.9 Å². The van der Waals surface area contributed by atoms with Gasteiger partial charge in [-0.3, -0.25) is 9.59 Å². The monoisotopic (exact) mass is 498 g/mol. The van der Waals surface area contributed by atoms with Crippen molar-refractivity contribution in [1.29, 1.82) is 0 Å². The molecule has 2 aromatic heterocycles. The minimum absolute atomic E-state index is 0.0875. The van der Waals surface area contributed by atoms with Crippen LogP contribution in [0.2, 0.25) is 0 Å². The Bertz CT molecular complexity index is 1080. The van der Waals surface area contributed by atoms with E-state index in [1.165, 1.54) is 11.2 Å². The van der Waals surface area contributed by atoms with Crippen LogP contribution in [0.3, 0.4) is 0 Å². The predicted octanol–water partition coefficient (Wildman–Crippen LogP) is 4.47. The fraction of sp³-hybridized carbons (Fsp3) is 0.304. The molecule has 3 heterocycles. The molecule has 0 spiro atoms. The second-order valence-electron chi connectivity index (χ2n) is 7.51. The molecule has 1 atom stereocenters. The van der Waals surface area contributed by atoms with Crippen LogP contribution in [0.4, 0.5) is 0 Å². The van der Waals surface area contributed by atoms with Gasteiger partial charge in [0, 0.05) is 23.1 Å². The maximum atomic E-state index is 13.2. The molecule has 8 nitrogen and oxygen atoms in total. The number of nitrogens with zero attached hydrogens (tertiary/aromatic N) is 4. The number of hydrogen-bond donors (Lipinski definition) is 0. The molecule has 1 saturated heterocycles. The third-order valence-corrected chi connectivity index (χ3v) is 5.88. The summed E-state index contributed by atoms with van der Waals surface area (Å²) in [5, 5.41) is 4.11. The van der Waals surface area contributed by atoms with Gasteiger partial charge >= 0.3 is 0 Å². The minimum atomic E-state index is -0.355. The van der Waals surface area contributed by atoms with Gasteiger partial charge in [-0.2, -0.15) is 4.98 Å². The highest BCUT2D eigenvalue weighted by molar-refractivity contribution is 9.10. The number of likely N-dealkylation sites (tertiary alicyclic amines) is 1. The molecule has 1 unspecified atom stereocenters. The van der Waals surface area contributed by atoms with E-state index < -0.39 is 0 Å². The molecule has 0 radical (unpaired) electrons. The van der Waals surface area contributed by atoms with E-state index in [4.69, 9.17) is 8.94 Å². The standard InChI is InChI=1S/C23H23BrN4O4/c1-2-12-27(23(30)19-7-5-14-31-19)15-20(29)28-13-4-3-6-18(28)22-25-21(26-32-22)16-8-10-17(24)11-9-16/h2,5,7-11,14,18H,1,3-4,6,12-13,15H2. The smallest absolute Gasteiger partial charge is 0.290 e. The molecule has 0 saturated carbocycles. The summed E-state index contributed by atoms with van der Waals surface area (Å²) in [6.45, 7) is 4.41. The van der Waals surface area contributed by atoms with Gasteiger partial charge in [0.2, 0.25) is 17.6 Å². The Kier molecular flexibility index (Phi) is 6.84. The fourth-order valence-corrected chi connectivity index (χ4v) is 4.02. The summed E-state index contributed by atoms with van der Waals surface area (Å²) in [6, 6.07) is 10.5. The number of benzene rings is 1. The Hall–Kier alpha value is -3.20. The van der Waals surface area contributed by atoms with Crippen LogP contribution in [-0.4, -0.2) is 51.4 Å². The van der Waals surface area contributed by atoms with E-state index in [-0.39, 0.29) is 36.7 Å². The summed E-state index contributed by atoms with van der Waals surface area (Å²) >= 11 is 3.41. The van der Waals surface area contributed by atoms with Gasteiger partial charge < -0.3 is 18.7 Å². The lowest BCUT2D eigenvalue weighted by molar-refractivity contribution is -0.136. The zero-order valence-corrected chi connectivity index (χ0v) is 19.0. The normalized spacial score (nSPS) is 16.0. The molecule has 3 aromatic rings. The largest absolute Gasteiger partial charge is 0.459 e. The number of rotatable bonds is 7.